The third-order valence-electron chi connectivity index (χ3n) is 2.34. The fourth-order valence-electron chi connectivity index (χ4n) is 1.65. The van der Waals surface area contributed by atoms with Crippen molar-refractivity contribution in [2.75, 3.05) is 18.8 Å². The lowest BCUT2D eigenvalue weighted by molar-refractivity contribution is 0.328. The van der Waals surface area contributed by atoms with Crippen LogP contribution in [0.1, 0.15) is 24.5 Å². The van der Waals surface area contributed by atoms with Gasteiger partial charge in [0.25, 0.3) is 0 Å². The molecule has 4 heteroatoms. The molecular formula is C8H13N3O. The molecule has 1 aromatic heterocycles. The SMILES string of the molecule is Nc1cnoc1C1CCNCC1. The van der Waals surface area contributed by atoms with E-state index in [9.17, 15) is 0 Å². The fourth-order valence-corrected chi connectivity index (χ4v) is 1.65. The molecule has 2 heterocycles. The second-order valence-corrected chi connectivity index (χ2v) is 3.17. The molecule has 0 aromatic carbocycles. The van der Waals surface area contributed by atoms with Crippen molar-refractivity contribution in [2.45, 2.75) is 18.8 Å². The van der Waals surface area contributed by atoms with Gasteiger partial charge in [-0.3, -0.25) is 0 Å². The molecule has 1 fully saturated rings. The number of nitrogens with zero attached hydrogens (tertiary/aromatic N) is 1. The summed E-state index contributed by atoms with van der Waals surface area (Å²) in [5, 5.41) is 6.97. The lowest BCUT2D eigenvalue weighted by Gasteiger charge is -2.20. The Bertz CT molecular complexity index is 253. The average Bonchev–Trinajstić information content (AvgIpc) is 2.53. The zero-order valence-corrected chi connectivity index (χ0v) is 6.92. The van der Waals surface area contributed by atoms with Crippen molar-refractivity contribution in [3.05, 3.63) is 12.0 Å². The van der Waals surface area contributed by atoms with Gasteiger partial charge in [-0.25, -0.2) is 0 Å². The van der Waals surface area contributed by atoms with E-state index < -0.39 is 0 Å². The zero-order valence-electron chi connectivity index (χ0n) is 6.92. The van der Waals surface area contributed by atoms with Gasteiger partial charge in [-0.1, -0.05) is 5.16 Å². The third-order valence-corrected chi connectivity index (χ3v) is 2.34. The summed E-state index contributed by atoms with van der Waals surface area (Å²) in [6.45, 7) is 2.09. The maximum Gasteiger partial charge on any atom is 0.162 e. The molecule has 3 N–H and O–H groups in total. The van der Waals surface area contributed by atoms with Crippen LogP contribution in [0.25, 0.3) is 0 Å². The first-order valence-corrected chi connectivity index (χ1v) is 4.28. The Labute approximate surface area is 71.1 Å². The second kappa shape index (κ2) is 3.15. The van der Waals surface area contributed by atoms with Crippen LogP contribution >= 0.6 is 0 Å². The van der Waals surface area contributed by atoms with E-state index in [0.29, 0.717) is 11.6 Å². The van der Waals surface area contributed by atoms with E-state index in [1.807, 2.05) is 0 Å². The highest BCUT2D eigenvalue weighted by atomic mass is 16.5. The van der Waals surface area contributed by atoms with E-state index >= 15 is 0 Å². The first-order valence-electron chi connectivity index (χ1n) is 4.28. The number of nitrogen functional groups attached to an aromatic ring is 1. The predicted molar refractivity (Wildman–Crippen MR) is 45.8 cm³/mol. The molecule has 4 nitrogen and oxygen atoms in total. The van der Waals surface area contributed by atoms with Crippen molar-refractivity contribution in [3.8, 4) is 0 Å². The van der Waals surface area contributed by atoms with Crippen molar-refractivity contribution in [1.29, 1.82) is 0 Å². The highest BCUT2D eigenvalue weighted by Gasteiger charge is 2.20. The summed E-state index contributed by atoms with van der Waals surface area (Å²) < 4.78 is 5.10. The number of anilines is 1. The normalized spacial score (nSPS) is 19.7. The molecule has 1 saturated heterocycles. The number of nitrogens with one attached hydrogen (secondary N) is 1. The Morgan fingerprint density at radius 1 is 1.50 bits per heavy atom. The van der Waals surface area contributed by atoms with Crippen LogP contribution in [0.2, 0.25) is 0 Å². The van der Waals surface area contributed by atoms with Crippen LogP contribution in [0.15, 0.2) is 10.7 Å². The molecule has 2 rings (SSSR count). The minimum absolute atomic E-state index is 0.466. The van der Waals surface area contributed by atoms with Gasteiger partial charge in [0.1, 0.15) is 0 Å². The molecular weight excluding hydrogens is 154 g/mol. The van der Waals surface area contributed by atoms with Gasteiger partial charge in [0.05, 0.1) is 11.9 Å². The summed E-state index contributed by atoms with van der Waals surface area (Å²) in [5.74, 6) is 1.34. The smallest absolute Gasteiger partial charge is 0.162 e. The molecule has 0 aliphatic carbocycles. The van der Waals surface area contributed by atoms with Crippen LogP contribution in [-0.4, -0.2) is 18.2 Å². The molecule has 1 aliphatic heterocycles. The standard InChI is InChI=1S/C8H13N3O/c9-7-5-11-12-8(7)6-1-3-10-4-2-6/h5-6,10H,1-4,9H2. The molecule has 0 spiro atoms. The highest BCUT2D eigenvalue weighted by Crippen LogP contribution is 2.28. The lowest BCUT2D eigenvalue weighted by Crippen LogP contribution is -2.26. The van der Waals surface area contributed by atoms with Gasteiger partial charge in [-0.05, 0) is 25.9 Å². The molecule has 0 bridgehead atoms. The zero-order chi connectivity index (χ0) is 8.39. The van der Waals surface area contributed by atoms with Crippen molar-refractivity contribution in [2.24, 2.45) is 0 Å². The van der Waals surface area contributed by atoms with Gasteiger partial charge in [-0.2, -0.15) is 0 Å². The number of aromatic nitrogens is 1. The number of nitrogens with two attached hydrogens (primary N) is 1. The van der Waals surface area contributed by atoms with Gasteiger partial charge >= 0.3 is 0 Å². The molecule has 0 radical (unpaired) electrons. The van der Waals surface area contributed by atoms with Gasteiger partial charge in [0.15, 0.2) is 5.76 Å². The van der Waals surface area contributed by atoms with Crippen LogP contribution in [0.5, 0.6) is 0 Å². The molecule has 0 saturated carbocycles. The van der Waals surface area contributed by atoms with E-state index in [2.05, 4.69) is 10.5 Å². The number of piperidine rings is 1. The summed E-state index contributed by atoms with van der Waals surface area (Å²) >= 11 is 0. The quantitative estimate of drug-likeness (QED) is 0.647. The maximum absolute atomic E-state index is 5.69. The molecule has 66 valence electrons. The van der Waals surface area contributed by atoms with Crippen molar-refractivity contribution >= 4 is 5.69 Å². The molecule has 0 atom stereocenters. The number of hydrogen-bond acceptors (Lipinski definition) is 4. The number of hydrogen-bond donors (Lipinski definition) is 2. The van der Waals surface area contributed by atoms with E-state index in [-0.39, 0.29) is 0 Å². The van der Waals surface area contributed by atoms with Crippen LogP contribution in [0, 0.1) is 0 Å². The molecule has 0 unspecified atom stereocenters. The number of rotatable bonds is 1. The Morgan fingerprint density at radius 2 is 2.25 bits per heavy atom. The summed E-state index contributed by atoms with van der Waals surface area (Å²) in [5.41, 5.74) is 6.39. The minimum atomic E-state index is 0.466. The van der Waals surface area contributed by atoms with Crippen LogP contribution < -0.4 is 11.1 Å². The van der Waals surface area contributed by atoms with Gasteiger partial charge in [-0.15, -0.1) is 0 Å². The summed E-state index contributed by atoms with van der Waals surface area (Å²) in [7, 11) is 0. The topological polar surface area (TPSA) is 64.1 Å². The highest BCUT2D eigenvalue weighted by molar-refractivity contribution is 5.40. The van der Waals surface area contributed by atoms with E-state index in [0.717, 1.165) is 31.7 Å². The first-order chi connectivity index (χ1) is 5.88. The molecule has 0 amide bonds. The molecule has 1 aliphatic rings. The Morgan fingerprint density at radius 3 is 2.83 bits per heavy atom. The summed E-state index contributed by atoms with van der Waals surface area (Å²) in [4.78, 5) is 0. The average molecular weight is 167 g/mol. The fraction of sp³-hybridized carbons (Fsp3) is 0.625. The molecule has 1 aromatic rings. The molecule has 12 heavy (non-hydrogen) atoms. The minimum Gasteiger partial charge on any atom is -0.395 e. The van der Waals surface area contributed by atoms with Crippen molar-refractivity contribution in [1.82, 2.24) is 10.5 Å². The van der Waals surface area contributed by atoms with Crippen LogP contribution in [0.3, 0.4) is 0 Å². The lowest BCUT2D eigenvalue weighted by atomic mass is 9.95. The van der Waals surface area contributed by atoms with Crippen LogP contribution in [0.4, 0.5) is 5.69 Å². The second-order valence-electron chi connectivity index (χ2n) is 3.17. The largest absolute Gasteiger partial charge is 0.395 e. The maximum atomic E-state index is 5.69. The van der Waals surface area contributed by atoms with E-state index in [1.54, 1.807) is 6.20 Å². The third kappa shape index (κ3) is 1.30. The van der Waals surface area contributed by atoms with Gasteiger partial charge in [0, 0.05) is 5.92 Å². The van der Waals surface area contributed by atoms with E-state index in [4.69, 9.17) is 10.3 Å². The monoisotopic (exact) mass is 167 g/mol. The predicted octanol–water partition coefficient (Wildman–Crippen LogP) is 0.724. The van der Waals surface area contributed by atoms with Crippen molar-refractivity contribution in [3.63, 3.8) is 0 Å². The summed E-state index contributed by atoms with van der Waals surface area (Å²) in [6.07, 6.45) is 3.77. The van der Waals surface area contributed by atoms with Gasteiger partial charge < -0.3 is 15.6 Å². The van der Waals surface area contributed by atoms with Crippen LogP contribution in [-0.2, 0) is 0 Å². The van der Waals surface area contributed by atoms with Gasteiger partial charge in [0.2, 0.25) is 0 Å². The Balaban J connectivity index is 2.13. The first kappa shape index (κ1) is 7.61. The van der Waals surface area contributed by atoms with E-state index in [1.165, 1.54) is 0 Å². The summed E-state index contributed by atoms with van der Waals surface area (Å²) in [6, 6.07) is 0. The Kier molecular flexibility index (Phi) is 1.99. The van der Waals surface area contributed by atoms with Crippen molar-refractivity contribution < 1.29 is 4.52 Å². The Hall–Kier alpha value is -1.03.